The van der Waals surface area contributed by atoms with Crippen LogP contribution in [0.3, 0.4) is 0 Å². The van der Waals surface area contributed by atoms with Crippen molar-refractivity contribution in [1.29, 1.82) is 0 Å². The molecular weight excluding hydrogens is 558 g/mol. The van der Waals surface area contributed by atoms with Gasteiger partial charge in [0, 0.05) is 19.4 Å². The second kappa shape index (κ2) is 16.7. The Bertz CT molecular complexity index is 1260. The minimum atomic E-state index is -1.35. The van der Waals surface area contributed by atoms with Crippen molar-refractivity contribution in [2.45, 2.75) is 77.5 Å². The van der Waals surface area contributed by atoms with Gasteiger partial charge in [-0.1, -0.05) is 56.2 Å². The number of unbranched alkanes of at least 4 members (excludes halogenated alkanes) is 2. The van der Waals surface area contributed by atoms with E-state index in [1.165, 1.54) is 18.2 Å². The smallest absolute Gasteiger partial charge is 0.408 e. The summed E-state index contributed by atoms with van der Waals surface area (Å²) in [7, 11) is 0. The van der Waals surface area contributed by atoms with Crippen molar-refractivity contribution in [2.24, 2.45) is 0 Å². The predicted molar refractivity (Wildman–Crippen MR) is 158 cm³/mol. The summed E-state index contributed by atoms with van der Waals surface area (Å²) in [4.78, 5) is 62.2. The summed E-state index contributed by atoms with van der Waals surface area (Å²) in [5.74, 6) is -3.89. The zero-order valence-corrected chi connectivity index (χ0v) is 25.0. The molecule has 0 radical (unpaired) electrons. The molecular formula is C31H41N3O9. The van der Waals surface area contributed by atoms with E-state index in [4.69, 9.17) is 14.6 Å². The van der Waals surface area contributed by atoms with Crippen LogP contribution >= 0.6 is 0 Å². The number of rotatable bonds is 16. The van der Waals surface area contributed by atoms with Gasteiger partial charge in [0.05, 0.1) is 0 Å². The van der Waals surface area contributed by atoms with Gasteiger partial charge >= 0.3 is 18.0 Å². The zero-order chi connectivity index (χ0) is 32.0. The van der Waals surface area contributed by atoms with Gasteiger partial charge in [-0.05, 0) is 50.5 Å². The third-order valence-electron chi connectivity index (χ3n) is 6.07. The van der Waals surface area contributed by atoms with E-state index in [-0.39, 0.29) is 24.2 Å². The largest absolute Gasteiger partial charge is 0.481 e. The second-order valence-electron chi connectivity index (χ2n) is 11.0. The maximum absolute atomic E-state index is 13.6. The molecule has 0 fully saturated rings. The maximum atomic E-state index is 13.6. The van der Waals surface area contributed by atoms with E-state index in [0.717, 1.165) is 24.8 Å². The molecule has 12 nitrogen and oxygen atoms in total. The molecule has 43 heavy (non-hydrogen) atoms. The summed E-state index contributed by atoms with van der Waals surface area (Å²) >= 11 is 0. The zero-order valence-electron chi connectivity index (χ0n) is 25.0. The lowest BCUT2D eigenvalue weighted by Gasteiger charge is -2.25. The Hall–Kier alpha value is -4.61. The van der Waals surface area contributed by atoms with Crippen LogP contribution in [0.1, 0.15) is 68.4 Å². The van der Waals surface area contributed by atoms with Crippen LogP contribution in [-0.4, -0.2) is 70.9 Å². The van der Waals surface area contributed by atoms with E-state index in [0.29, 0.717) is 12.1 Å². The van der Waals surface area contributed by atoms with Crippen LogP contribution in [0.2, 0.25) is 0 Å². The van der Waals surface area contributed by atoms with Gasteiger partial charge in [-0.2, -0.15) is 0 Å². The Morgan fingerprint density at radius 3 is 2.09 bits per heavy atom. The van der Waals surface area contributed by atoms with Gasteiger partial charge in [0.25, 0.3) is 0 Å². The Labute approximate surface area is 251 Å². The first-order valence-electron chi connectivity index (χ1n) is 14.1. The fourth-order valence-corrected chi connectivity index (χ4v) is 4.07. The monoisotopic (exact) mass is 599 g/mol. The predicted octanol–water partition coefficient (Wildman–Crippen LogP) is 3.32. The van der Waals surface area contributed by atoms with Crippen LogP contribution in [0, 0.1) is 0 Å². The Balaban J connectivity index is 2.34. The number of carboxylic acids is 2. The van der Waals surface area contributed by atoms with Gasteiger partial charge in [0.2, 0.25) is 11.8 Å². The summed E-state index contributed by atoms with van der Waals surface area (Å²) in [6.45, 7) is 6.76. The van der Waals surface area contributed by atoms with E-state index >= 15 is 0 Å². The molecule has 3 amide bonds. The van der Waals surface area contributed by atoms with Crippen molar-refractivity contribution >= 4 is 29.8 Å². The lowest BCUT2D eigenvalue weighted by molar-refractivity contribution is -0.139. The van der Waals surface area contributed by atoms with Crippen LogP contribution in [0.4, 0.5) is 4.79 Å². The lowest BCUT2D eigenvalue weighted by Crippen LogP contribution is -2.55. The number of carbonyl (C=O) groups excluding carboxylic acids is 3. The number of hydrogen-bond acceptors (Lipinski definition) is 7. The first kappa shape index (κ1) is 34.6. The summed E-state index contributed by atoms with van der Waals surface area (Å²) < 4.78 is 10.4. The third kappa shape index (κ3) is 12.8. The summed E-state index contributed by atoms with van der Waals surface area (Å²) in [5, 5.41) is 26.7. The number of aliphatic carboxylic acids is 1. The van der Waals surface area contributed by atoms with Crippen molar-refractivity contribution in [2.75, 3.05) is 13.2 Å². The molecule has 2 aromatic rings. The van der Waals surface area contributed by atoms with Crippen molar-refractivity contribution in [3.63, 3.8) is 0 Å². The molecule has 0 saturated carbocycles. The number of alkyl carbamates (subject to hydrolysis) is 1. The van der Waals surface area contributed by atoms with Crippen molar-refractivity contribution in [3.05, 3.63) is 65.2 Å². The quantitative estimate of drug-likeness (QED) is 0.181. The number of hydrogen-bond donors (Lipinski definition) is 5. The van der Waals surface area contributed by atoms with E-state index in [9.17, 15) is 29.1 Å². The average Bonchev–Trinajstić information content (AvgIpc) is 2.93. The molecule has 0 heterocycles. The number of nitrogens with one attached hydrogen (secondary N) is 3. The Morgan fingerprint density at radius 2 is 1.49 bits per heavy atom. The Morgan fingerprint density at radius 1 is 0.837 bits per heavy atom. The number of aromatic carboxylic acids is 1. The van der Waals surface area contributed by atoms with Crippen LogP contribution < -0.4 is 20.7 Å². The van der Waals surface area contributed by atoms with Gasteiger partial charge in [0.1, 0.15) is 29.0 Å². The third-order valence-corrected chi connectivity index (χ3v) is 6.07. The standard InChI is InChI=1S/C31H41N3O9/c1-5-6-10-15-32-27(37)23(18-21-13-14-25(42-19-26(35)36)22(16-21)29(39)40)33-28(38)24(17-20-11-8-7-9-12-20)34-30(41)43-31(2,3)4/h7-9,11-14,16,23-24H,5-6,10,15,17-19H2,1-4H3,(H,32,37)(H,33,38)(H,34,41)(H,35,36)(H,39,40)/t23-,24+/m0/s1. The summed E-state index contributed by atoms with van der Waals surface area (Å²) in [5.41, 5.74) is 0.0536. The molecule has 0 saturated heterocycles. The number of carbonyl (C=O) groups is 5. The molecule has 0 spiro atoms. The minimum Gasteiger partial charge on any atom is -0.481 e. The fourth-order valence-electron chi connectivity index (χ4n) is 4.07. The molecule has 2 rings (SSSR count). The molecule has 0 aliphatic heterocycles. The van der Waals surface area contributed by atoms with Crippen LogP contribution in [0.25, 0.3) is 0 Å². The molecule has 0 aliphatic carbocycles. The van der Waals surface area contributed by atoms with Crippen LogP contribution in [-0.2, 0) is 32.0 Å². The highest BCUT2D eigenvalue weighted by Crippen LogP contribution is 2.21. The van der Waals surface area contributed by atoms with Gasteiger partial charge in [-0.15, -0.1) is 0 Å². The molecule has 2 atom stereocenters. The molecule has 12 heteroatoms. The molecule has 234 valence electrons. The highest BCUT2D eigenvalue weighted by molar-refractivity contribution is 5.93. The second-order valence-corrected chi connectivity index (χ2v) is 11.0. The SMILES string of the molecule is CCCCCNC(=O)[C@H](Cc1ccc(OCC(=O)O)c(C(=O)O)c1)NC(=O)[C@@H](Cc1ccccc1)NC(=O)OC(C)(C)C. The molecule has 0 unspecified atom stereocenters. The topological polar surface area (TPSA) is 180 Å². The number of amides is 3. The van der Waals surface area contributed by atoms with Crippen LogP contribution in [0.15, 0.2) is 48.5 Å². The molecule has 2 aromatic carbocycles. The Kier molecular flexibility index (Phi) is 13.5. The highest BCUT2D eigenvalue weighted by Gasteiger charge is 2.29. The molecule has 5 N–H and O–H groups in total. The van der Waals surface area contributed by atoms with Gasteiger partial charge in [0.15, 0.2) is 6.61 Å². The van der Waals surface area contributed by atoms with E-state index in [1.54, 1.807) is 45.0 Å². The van der Waals surface area contributed by atoms with Crippen molar-refractivity contribution in [1.82, 2.24) is 16.0 Å². The summed E-state index contributed by atoms with van der Waals surface area (Å²) in [6, 6.07) is 10.9. The van der Waals surface area contributed by atoms with Gasteiger partial charge in [-0.3, -0.25) is 9.59 Å². The van der Waals surface area contributed by atoms with Crippen molar-refractivity contribution in [3.8, 4) is 5.75 Å². The van der Waals surface area contributed by atoms with E-state index < -0.39 is 54.1 Å². The van der Waals surface area contributed by atoms with Gasteiger partial charge < -0.3 is 35.6 Å². The highest BCUT2D eigenvalue weighted by atomic mass is 16.6. The lowest BCUT2D eigenvalue weighted by atomic mass is 10.0. The van der Waals surface area contributed by atoms with Crippen molar-refractivity contribution < 1.29 is 43.7 Å². The minimum absolute atomic E-state index is 0.0880. The van der Waals surface area contributed by atoms with E-state index in [2.05, 4.69) is 16.0 Å². The van der Waals surface area contributed by atoms with Crippen LogP contribution in [0.5, 0.6) is 5.75 Å². The fraction of sp³-hybridized carbons (Fsp3) is 0.452. The average molecular weight is 600 g/mol. The number of ether oxygens (including phenoxy) is 2. The first-order valence-corrected chi connectivity index (χ1v) is 14.1. The molecule has 0 bridgehead atoms. The normalized spacial score (nSPS) is 12.4. The molecule has 0 aliphatic rings. The molecule has 0 aromatic heterocycles. The van der Waals surface area contributed by atoms with Gasteiger partial charge in [-0.25, -0.2) is 14.4 Å². The first-order chi connectivity index (χ1) is 20.3. The number of benzene rings is 2. The maximum Gasteiger partial charge on any atom is 0.408 e. The summed E-state index contributed by atoms with van der Waals surface area (Å²) in [6.07, 6.45) is 1.81. The number of carboxylic acid groups (broad SMARTS) is 2. The van der Waals surface area contributed by atoms with E-state index in [1.807, 2.05) is 13.0 Å².